The molecule has 1 aromatic heterocycles. The van der Waals surface area contributed by atoms with E-state index in [1.807, 2.05) is 6.92 Å². The van der Waals surface area contributed by atoms with Gasteiger partial charge in [-0.15, -0.1) is 0 Å². The Morgan fingerprint density at radius 1 is 1.35 bits per heavy atom. The summed E-state index contributed by atoms with van der Waals surface area (Å²) in [7, 11) is 0. The van der Waals surface area contributed by atoms with Crippen LogP contribution in [0.15, 0.2) is 18.2 Å². The maximum atomic E-state index is 13.2. The van der Waals surface area contributed by atoms with Crippen LogP contribution in [0.3, 0.4) is 0 Å². The first kappa shape index (κ1) is 11.7. The lowest BCUT2D eigenvalue weighted by Gasteiger charge is -2.12. The third kappa shape index (κ3) is 2.19. The van der Waals surface area contributed by atoms with Crippen molar-refractivity contribution >= 4 is 0 Å². The van der Waals surface area contributed by atoms with Crippen molar-refractivity contribution in [2.24, 2.45) is 0 Å². The average molecular weight is 235 g/mol. The SMILES string of the molecule is Cc1nc(C)n(-c2ccc(F)cc2[C@@H](C)O)n1. The van der Waals surface area contributed by atoms with Crippen molar-refractivity contribution in [3.05, 3.63) is 41.2 Å². The van der Waals surface area contributed by atoms with Gasteiger partial charge in [-0.1, -0.05) is 0 Å². The van der Waals surface area contributed by atoms with Gasteiger partial charge in [0.1, 0.15) is 17.5 Å². The molecule has 5 heteroatoms. The molecule has 0 radical (unpaired) electrons. The quantitative estimate of drug-likeness (QED) is 0.867. The molecule has 1 N–H and O–H groups in total. The molecule has 0 fully saturated rings. The third-order valence-corrected chi connectivity index (χ3v) is 2.54. The maximum Gasteiger partial charge on any atom is 0.148 e. The average Bonchev–Trinajstić information content (AvgIpc) is 2.57. The summed E-state index contributed by atoms with van der Waals surface area (Å²) in [5.74, 6) is 0.971. The van der Waals surface area contributed by atoms with Crippen LogP contribution >= 0.6 is 0 Å². The fourth-order valence-corrected chi connectivity index (χ4v) is 1.80. The topological polar surface area (TPSA) is 50.9 Å². The minimum absolute atomic E-state index is 0.376. The zero-order chi connectivity index (χ0) is 12.6. The molecule has 0 amide bonds. The van der Waals surface area contributed by atoms with Crippen LogP contribution in [-0.2, 0) is 0 Å². The molecule has 0 saturated heterocycles. The smallest absolute Gasteiger partial charge is 0.148 e. The molecule has 2 aromatic rings. The molecule has 17 heavy (non-hydrogen) atoms. The third-order valence-electron chi connectivity index (χ3n) is 2.54. The summed E-state index contributed by atoms with van der Waals surface area (Å²) < 4.78 is 14.8. The summed E-state index contributed by atoms with van der Waals surface area (Å²) in [4.78, 5) is 4.19. The van der Waals surface area contributed by atoms with Gasteiger partial charge in [0.05, 0.1) is 11.8 Å². The van der Waals surface area contributed by atoms with Gasteiger partial charge in [0, 0.05) is 5.56 Å². The molecule has 0 aliphatic rings. The van der Waals surface area contributed by atoms with Crippen LogP contribution in [0.25, 0.3) is 5.69 Å². The first-order valence-corrected chi connectivity index (χ1v) is 5.37. The number of aliphatic hydroxyl groups excluding tert-OH is 1. The van der Waals surface area contributed by atoms with E-state index in [9.17, 15) is 9.50 Å². The van der Waals surface area contributed by atoms with Gasteiger partial charge in [-0.3, -0.25) is 0 Å². The van der Waals surface area contributed by atoms with Crippen LogP contribution in [0.2, 0.25) is 0 Å². The summed E-state index contributed by atoms with van der Waals surface area (Å²) in [5.41, 5.74) is 1.15. The highest BCUT2D eigenvalue weighted by molar-refractivity contribution is 5.42. The maximum absolute atomic E-state index is 13.2. The van der Waals surface area contributed by atoms with Gasteiger partial charge < -0.3 is 5.11 Å². The zero-order valence-electron chi connectivity index (χ0n) is 9.98. The lowest BCUT2D eigenvalue weighted by atomic mass is 10.1. The summed E-state index contributed by atoms with van der Waals surface area (Å²) >= 11 is 0. The van der Waals surface area contributed by atoms with E-state index in [1.165, 1.54) is 12.1 Å². The number of halogens is 1. The molecule has 0 aliphatic heterocycles. The number of nitrogens with zero attached hydrogens (tertiary/aromatic N) is 3. The van der Waals surface area contributed by atoms with Gasteiger partial charge in [0.15, 0.2) is 0 Å². The number of benzene rings is 1. The van der Waals surface area contributed by atoms with Crippen molar-refractivity contribution in [2.45, 2.75) is 26.9 Å². The van der Waals surface area contributed by atoms with Crippen molar-refractivity contribution in [1.29, 1.82) is 0 Å². The lowest BCUT2D eigenvalue weighted by Crippen LogP contribution is -2.06. The van der Waals surface area contributed by atoms with E-state index in [-0.39, 0.29) is 5.82 Å². The van der Waals surface area contributed by atoms with Gasteiger partial charge >= 0.3 is 0 Å². The number of aromatic nitrogens is 3. The van der Waals surface area contributed by atoms with Gasteiger partial charge in [0.25, 0.3) is 0 Å². The van der Waals surface area contributed by atoms with E-state index in [4.69, 9.17) is 0 Å². The van der Waals surface area contributed by atoms with E-state index < -0.39 is 6.10 Å². The molecule has 0 aliphatic carbocycles. The summed E-state index contributed by atoms with van der Waals surface area (Å²) in [6.07, 6.45) is -0.760. The Bertz CT molecular complexity index is 549. The van der Waals surface area contributed by atoms with Crippen LogP contribution < -0.4 is 0 Å². The highest BCUT2D eigenvalue weighted by atomic mass is 19.1. The van der Waals surface area contributed by atoms with E-state index in [1.54, 1.807) is 24.6 Å². The molecule has 1 aromatic carbocycles. The minimum atomic E-state index is -0.760. The second kappa shape index (κ2) is 4.25. The standard InChI is InChI=1S/C12H14FN3O/c1-7(17)11-6-10(13)4-5-12(11)16-9(3)14-8(2)15-16/h4-7,17H,1-3H3/t7-/m1/s1. The van der Waals surface area contributed by atoms with Crippen molar-refractivity contribution in [2.75, 3.05) is 0 Å². The van der Waals surface area contributed by atoms with Crippen molar-refractivity contribution in [1.82, 2.24) is 14.8 Å². The molecular weight excluding hydrogens is 221 g/mol. The zero-order valence-corrected chi connectivity index (χ0v) is 9.98. The van der Waals surface area contributed by atoms with Crippen molar-refractivity contribution in [3.8, 4) is 5.69 Å². The molecule has 4 nitrogen and oxygen atoms in total. The Balaban J connectivity index is 2.62. The highest BCUT2D eigenvalue weighted by Gasteiger charge is 2.14. The lowest BCUT2D eigenvalue weighted by molar-refractivity contribution is 0.198. The van der Waals surface area contributed by atoms with Crippen LogP contribution in [0.5, 0.6) is 0 Å². The summed E-state index contributed by atoms with van der Waals surface area (Å²) in [5, 5.41) is 13.9. The van der Waals surface area contributed by atoms with Crippen LogP contribution in [0.1, 0.15) is 30.2 Å². The van der Waals surface area contributed by atoms with Gasteiger partial charge in [0.2, 0.25) is 0 Å². The van der Waals surface area contributed by atoms with Crippen LogP contribution in [-0.4, -0.2) is 19.9 Å². The first-order chi connectivity index (χ1) is 7.99. The summed E-state index contributed by atoms with van der Waals surface area (Å²) in [6.45, 7) is 5.20. The Labute approximate surface area is 98.7 Å². The second-order valence-corrected chi connectivity index (χ2v) is 4.00. The van der Waals surface area contributed by atoms with Crippen molar-refractivity contribution in [3.63, 3.8) is 0 Å². The van der Waals surface area contributed by atoms with Crippen molar-refractivity contribution < 1.29 is 9.50 Å². The molecule has 90 valence electrons. The molecule has 0 unspecified atom stereocenters. The molecule has 2 rings (SSSR count). The Kier molecular flexibility index (Phi) is 2.93. The fourth-order valence-electron chi connectivity index (χ4n) is 1.80. The van der Waals surface area contributed by atoms with E-state index in [0.29, 0.717) is 22.9 Å². The number of rotatable bonds is 2. The van der Waals surface area contributed by atoms with Crippen LogP contribution in [0, 0.1) is 19.7 Å². The van der Waals surface area contributed by atoms with Gasteiger partial charge in [-0.2, -0.15) is 5.10 Å². The first-order valence-electron chi connectivity index (χ1n) is 5.37. The van der Waals surface area contributed by atoms with Gasteiger partial charge in [-0.25, -0.2) is 14.1 Å². The number of aryl methyl sites for hydroxylation is 2. The number of aliphatic hydroxyl groups is 1. The minimum Gasteiger partial charge on any atom is -0.389 e. The summed E-state index contributed by atoms with van der Waals surface area (Å²) in [6, 6.07) is 4.26. The van der Waals surface area contributed by atoms with Gasteiger partial charge in [-0.05, 0) is 39.0 Å². The highest BCUT2D eigenvalue weighted by Crippen LogP contribution is 2.23. The van der Waals surface area contributed by atoms with E-state index in [2.05, 4.69) is 10.1 Å². The fraction of sp³-hybridized carbons (Fsp3) is 0.333. The monoisotopic (exact) mass is 235 g/mol. The Morgan fingerprint density at radius 2 is 2.06 bits per heavy atom. The molecule has 1 heterocycles. The Hall–Kier alpha value is -1.75. The molecule has 0 saturated carbocycles. The molecule has 0 bridgehead atoms. The second-order valence-electron chi connectivity index (χ2n) is 4.00. The number of hydrogen-bond donors (Lipinski definition) is 1. The number of hydrogen-bond acceptors (Lipinski definition) is 3. The normalized spacial score (nSPS) is 12.8. The largest absolute Gasteiger partial charge is 0.389 e. The molecule has 0 spiro atoms. The van der Waals surface area contributed by atoms with Crippen LogP contribution in [0.4, 0.5) is 4.39 Å². The predicted molar refractivity (Wildman–Crippen MR) is 61.4 cm³/mol. The Morgan fingerprint density at radius 3 is 2.59 bits per heavy atom. The predicted octanol–water partition coefficient (Wildman–Crippen LogP) is 2.08. The van der Waals surface area contributed by atoms with E-state index in [0.717, 1.165) is 0 Å². The van der Waals surface area contributed by atoms with E-state index >= 15 is 0 Å². The molecular formula is C12H14FN3O. The molecule has 1 atom stereocenters.